The van der Waals surface area contributed by atoms with Crippen LogP contribution >= 0.6 is 0 Å². The van der Waals surface area contributed by atoms with Gasteiger partial charge < -0.3 is 41.6 Å². The molecule has 7 N–H and O–H groups in total. The molecule has 51 heavy (non-hydrogen) atoms. The van der Waals surface area contributed by atoms with Crippen molar-refractivity contribution in [2.45, 2.75) is 137 Å². The number of carbonyl (C=O) groups is 4. The lowest BCUT2D eigenvalue weighted by Crippen LogP contribution is -2.51. The van der Waals surface area contributed by atoms with Gasteiger partial charge in [-0.15, -0.1) is 0 Å². The lowest BCUT2D eigenvalue weighted by atomic mass is 9.80. The highest BCUT2D eigenvalue weighted by molar-refractivity contribution is 5.83. The number of carbonyl (C=O) groups excluding carboxylic acids is 4. The van der Waals surface area contributed by atoms with E-state index in [1.165, 1.54) is 0 Å². The van der Waals surface area contributed by atoms with Gasteiger partial charge in [-0.2, -0.15) is 0 Å². The maximum atomic E-state index is 13.5. The van der Waals surface area contributed by atoms with Crippen molar-refractivity contribution in [3.8, 4) is 0 Å². The number of amides is 4. The molecule has 12 nitrogen and oxygen atoms in total. The second-order valence-corrected chi connectivity index (χ2v) is 14.2. The molecule has 12 heteroatoms. The Bertz CT molecular complexity index is 1100. The van der Waals surface area contributed by atoms with Crippen molar-refractivity contribution < 1.29 is 33.8 Å². The fourth-order valence-corrected chi connectivity index (χ4v) is 5.84. The number of nitrogens with two attached hydrogens (primary N) is 2. The average molecular weight is 724 g/mol. The third-order valence-electron chi connectivity index (χ3n) is 9.11. The molecule has 0 spiro atoms. The third kappa shape index (κ3) is 18.8. The Labute approximate surface area is 309 Å². The highest BCUT2D eigenvalue weighted by atomic mass is 16.5. The van der Waals surface area contributed by atoms with Gasteiger partial charge in [-0.3, -0.25) is 19.2 Å². The molecule has 0 aliphatic rings. The van der Waals surface area contributed by atoms with Crippen LogP contribution < -0.4 is 22.1 Å². The van der Waals surface area contributed by atoms with Gasteiger partial charge in [-0.05, 0) is 63.4 Å². The van der Waals surface area contributed by atoms with Gasteiger partial charge >= 0.3 is 0 Å². The van der Waals surface area contributed by atoms with Crippen molar-refractivity contribution in [3.05, 3.63) is 35.9 Å². The number of hydrogen-bond donors (Lipinski definition) is 5. The molecule has 0 fully saturated rings. The van der Waals surface area contributed by atoms with Crippen molar-refractivity contribution in [2.75, 3.05) is 27.8 Å². The van der Waals surface area contributed by atoms with E-state index in [9.17, 15) is 24.3 Å². The second-order valence-electron chi connectivity index (χ2n) is 14.2. The number of likely N-dealkylation sites (N-methyl/N-ethyl adjacent to an activating group) is 1. The van der Waals surface area contributed by atoms with Crippen molar-refractivity contribution in [3.63, 3.8) is 0 Å². The highest BCUT2D eigenvalue weighted by Gasteiger charge is 2.38. The van der Waals surface area contributed by atoms with Gasteiger partial charge in [0, 0.05) is 34.2 Å². The van der Waals surface area contributed by atoms with Gasteiger partial charge in [0.2, 0.25) is 24.1 Å². The summed E-state index contributed by atoms with van der Waals surface area (Å²) >= 11 is 0. The molecule has 8 atom stereocenters. The second kappa shape index (κ2) is 26.7. The summed E-state index contributed by atoms with van der Waals surface area (Å²) in [5.41, 5.74) is 9.88. The van der Waals surface area contributed by atoms with Crippen LogP contribution in [0, 0.1) is 23.7 Å². The number of nitrogens with one attached hydrogen (secondary N) is 2. The lowest BCUT2D eigenvalue weighted by Gasteiger charge is -2.41. The van der Waals surface area contributed by atoms with Gasteiger partial charge in [0.05, 0.1) is 41.9 Å². The van der Waals surface area contributed by atoms with E-state index in [2.05, 4.69) is 24.5 Å². The van der Waals surface area contributed by atoms with Crippen molar-refractivity contribution in [2.24, 2.45) is 35.1 Å². The number of nitrogens with zero attached hydrogens (tertiary/aromatic N) is 1. The first-order valence-electron chi connectivity index (χ1n) is 18.5. The average Bonchev–Trinajstić information content (AvgIpc) is 3.09. The number of primary amides is 1. The fourth-order valence-electron chi connectivity index (χ4n) is 5.84. The Balaban J connectivity index is 0. The zero-order valence-electron chi connectivity index (χ0n) is 33.9. The monoisotopic (exact) mass is 724 g/mol. The predicted molar refractivity (Wildman–Crippen MR) is 205 cm³/mol. The molecule has 0 heterocycles. The van der Waals surface area contributed by atoms with Gasteiger partial charge in [-0.25, -0.2) is 0 Å². The summed E-state index contributed by atoms with van der Waals surface area (Å²) in [4.78, 5) is 49.4. The summed E-state index contributed by atoms with van der Waals surface area (Å²) in [7, 11) is 5.15. The molecule has 1 aromatic carbocycles. The predicted octanol–water partition coefficient (Wildman–Crippen LogP) is 4.58. The summed E-state index contributed by atoms with van der Waals surface area (Å²) in [6, 6.07) is 8.61. The Morgan fingerprint density at radius 3 is 2.00 bits per heavy atom. The van der Waals surface area contributed by atoms with E-state index in [4.69, 9.17) is 20.9 Å². The quantitative estimate of drug-likeness (QED) is 0.0850. The SMILES string of the molecule is CC.CC(C)(N)C(N)=O.CCC(C)C(C(CC(CCCNC=O)C(OC)C(C)C(=O)NC(C)C(O)c1ccccc1)OC)N(C)C(=O)CC(C)C. The van der Waals surface area contributed by atoms with E-state index in [0.29, 0.717) is 38.6 Å². The summed E-state index contributed by atoms with van der Waals surface area (Å²) < 4.78 is 12.1. The van der Waals surface area contributed by atoms with Crippen molar-refractivity contribution >= 4 is 24.1 Å². The van der Waals surface area contributed by atoms with Gasteiger partial charge in [0.25, 0.3) is 0 Å². The number of methoxy groups -OCH3 is 2. The fraction of sp³-hybridized carbons (Fsp3) is 0.744. The van der Waals surface area contributed by atoms with E-state index in [-0.39, 0.29) is 41.7 Å². The number of aliphatic hydroxyl groups excluding tert-OH is 1. The zero-order valence-corrected chi connectivity index (χ0v) is 33.9. The Hall–Kier alpha value is -3.06. The van der Waals surface area contributed by atoms with Crippen LogP contribution in [0.25, 0.3) is 0 Å². The summed E-state index contributed by atoms with van der Waals surface area (Å²) in [5, 5.41) is 16.5. The van der Waals surface area contributed by atoms with Gasteiger partial charge in [-0.1, -0.05) is 85.2 Å². The van der Waals surface area contributed by atoms with Crippen LogP contribution in [0.2, 0.25) is 0 Å². The number of rotatable bonds is 22. The maximum absolute atomic E-state index is 13.5. The number of benzene rings is 1. The lowest BCUT2D eigenvalue weighted by molar-refractivity contribution is -0.139. The zero-order chi connectivity index (χ0) is 39.9. The Morgan fingerprint density at radius 1 is 1.02 bits per heavy atom. The molecule has 0 radical (unpaired) electrons. The van der Waals surface area contributed by atoms with Crippen LogP contribution in [0.5, 0.6) is 0 Å². The van der Waals surface area contributed by atoms with Crippen LogP contribution in [0.1, 0.15) is 113 Å². The van der Waals surface area contributed by atoms with E-state index >= 15 is 0 Å². The van der Waals surface area contributed by atoms with E-state index in [1.807, 2.05) is 76.9 Å². The molecule has 1 rings (SSSR count). The van der Waals surface area contributed by atoms with Crippen LogP contribution in [0.15, 0.2) is 30.3 Å². The molecule has 296 valence electrons. The topological polar surface area (TPSA) is 186 Å². The van der Waals surface area contributed by atoms with Crippen LogP contribution in [0.4, 0.5) is 0 Å². The number of aliphatic hydroxyl groups is 1. The summed E-state index contributed by atoms with van der Waals surface area (Å²) in [6.07, 6.45) is 2.42. The minimum atomic E-state index is -0.861. The minimum absolute atomic E-state index is 0.0890. The minimum Gasteiger partial charge on any atom is -0.386 e. The van der Waals surface area contributed by atoms with Gasteiger partial charge in [0.15, 0.2) is 0 Å². The van der Waals surface area contributed by atoms with Gasteiger partial charge in [0.1, 0.15) is 0 Å². The summed E-state index contributed by atoms with van der Waals surface area (Å²) in [6.45, 7) is 19.6. The standard InChI is InChI=1S/C33H57N3O6.C4H10N2O.C2H6/c1-10-23(4)30(36(7)29(38)19-22(2)3)28(41-8)20-27(17-14-18-34-21-37)32(42-9)24(5)33(40)35-25(6)31(39)26-15-12-11-13-16-26;1-4(2,6)3(5)7;1-2/h11-13,15-16,21-25,27-28,30-32,39H,10,14,17-20H2,1-9H3,(H,34,37)(H,35,40);6H2,1-2H3,(H2,5,7);1-2H3. The van der Waals surface area contributed by atoms with Crippen molar-refractivity contribution in [1.82, 2.24) is 15.5 Å². The van der Waals surface area contributed by atoms with Crippen LogP contribution in [0.3, 0.4) is 0 Å². The first-order chi connectivity index (χ1) is 23.9. The molecule has 0 saturated carbocycles. The van der Waals surface area contributed by atoms with E-state index in [0.717, 1.165) is 12.0 Å². The molecular formula is C39H73N5O7. The largest absolute Gasteiger partial charge is 0.386 e. The number of ether oxygens (including phenoxy) is 2. The molecule has 0 aromatic heterocycles. The Kier molecular flexibility index (Phi) is 26.2. The molecular weight excluding hydrogens is 650 g/mol. The molecule has 0 bridgehead atoms. The molecule has 0 aliphatic carbocycles. The Morgan fingerprint density at radius 2 is 1.57 bits per heavy atom. The van der Waals surface area contributed by atoms with E-state index < -0.39 is 35.6 Å². The molecule has 4 amide bonds. The molecule has 1 aromatic rings. The number of hydrogen-bond acceptors (Lipinski definition) is 8. The molecule has 0 aliphatic heterocycles. The molecule has 0 saturated heterocycles. The van der Waals surface area contributed by atoms with Crippen LogP contribution in [-0.4, -0.2) is 91.8 Å². The smallest absolute Gasteiger partial charge is 0.236 e. The maximum Gasteiger partial charge on any atom is 0.236 e. The van der Waals surface area contributed by atoms with E-state index in [1.54, 1.807) is 35.0 Å². The normalized spacial score (nSPS) is 15.9. The van der Waals surface area contributed by atoms with Crippen LogP contribution in [-0.2, 0) is 28.7 Å². The van der Waals surface area contributed by atoms with Crippen molar-refractivity contribution in [1.29, 1.82) is 0 Å². The summed E-state index contributed by atoms with van der Waals surface area (Å²) in [5.74, 6) is -0.782. The molecule has 8 unspecified atom stereocenters. The first-order valence-corrected chi connectivity index (χ1v) is 18.5. The first kappa shape index (κ1) is 50.0. The highest BCUT2D eigenvalue weighted by Crippen LogP contribution is 2.31. The third-order valence-corrected chi connectivity index (χ3v) is 9.11.